The number of nitrogens with one attached hydrogen (secondary N) is 2. The summed E-state index contributed by atoms with van der Waals surface area (Å²) in [4.78, 5) is 25.7. The summed E-state index contributed by atoms with van der Waals surface area (Å²) in [7, 11) is -1.34. The number of fused-ring (bicyclic) bond motifs is 2. The Kier molecular flexibility index (Phi) is 5.56. The smallest absolute Gasteiger partial charge is 0.229 e. The van der Waals surface area contributed by atoms with Gasteiger partial charge in [-0.3, -0.25) is 4.79 Å². The molecule has 3 aromatic heterocycles. The number of hydrogen-bond donors (Lipinski definition) is 2. The molecule has 34 heavy (non-hydrogen) atoms. The van der Waals surface area contributed by atoms with Crippen LogP contribution in [0.4, 0.5) is 11.6 Å². The third-order valence-electron chi connectivity index (χ3n) is 5.52. The number of ether oxygens (including phenoxy) is 1. The molecule has 1 aliphatic rings. The lowest BCUT2D eigenvalue weighted by Crippen LogP contribution is -2.14. The summed E-state index contributed by atoms with van der Waals surface area (Å²) < 4.78 is 34.2. The first-order chi connectivity index (χ1) is 16.3. The average molecular weight is 482 g/mol. The Morgan fingerprint density at radius 2 is 2.00 bits per heavy atom. The van der Waals surface area contributed by atoms with Crippen LogP contribution in [-0.4, -0.2) is 54.9 Å². The molecule has 0 bridgehead atoms. The second-order valence-electron chi connectivity index (χ2n) is 8.28. The molecular formula is C23H23N5O5S. The lowest BCUT2D eigenvalue weighted by Gasteiger charge is -2.10. The van der Waals surface area contributed by atoms with Gasteiger partial charge in [-0.1, -0.05) is 0 Å². The predicted octanol–water partition coefficient (Wildman–Crippen LogP) is 3.25. The van der Waals surface area contributed by atoms with Crippen molar-refractivity contribution in [3.63, 3.8) is 0 Å². The van der Waals surface area contributed by atoms with Gasteiger partial charge < -0.3 is 19.8 Å². The highest BCUT2D eigenvalue weighted by Crippen LogP contribution is 2.35. The lowest BCUT2D eigenvalue weighted by molar-refractivity contribution is -0.117. The van der Waals surface area contributed by atoms with E-state index in [1.807, 2.05) is 0 Å². The second kappa shape index (κ2) is 8.56. The van der Waals surface area contributed by atoms with Gasteiger partial charge in [-0.2, -0.15) is 0 Å². The van der Waals surface area contributed by atoms with Gasteiger partial charge in [-0.25, -0.2) is 23.4 Å². The van der Waals surface area contributed by atoms with Crippen LogP contribution in [0, 0.1) is 5.92 Å². The predicted molar refractivity (Wildman–Crippen MR) is 129 cm³/mol. The molecule has 0 saturated heterocycles. The minimum absolute atomic E-state index is 0.0263. The van der Waals surface area contributed by atoms with Crippen LogP contribution in [0.5, 0.6) is 5.75 Å². The normalized spacial score (nSPS) is 13.8. The Balaban J connectivity index is 1.50. The van der Waals surface area contributed by atoms with E-state index < -0.39 is 9.84 Å². The molecule has 5 rings (SSSR count). The highest BCUT2D eigenvalue weighted by molar-refractivity contribution is 7.90. The van der Waals surface area contributed by atoms with Crippen molar-refractivity contribution in [1.82, 2.24) is 15.0 Å². The van der Waals surface area contributed by atoms with Crippen molar-refractivity contribution in [1.29, 1.82) is 0 Å². The number of carbonyl (C=O) groups excluding carboxylic acids is 1. The molecule has 4 aromatic rings. The monoisotopic (exact) mass is 481 g/mol. The molecule has 10 nitrogen and oxygen atoms in total. The van der Waals surface area contributed by atoms with Crippen LogP contribution in [0.1, 0.15) is 12.8 Å². The molecular weight excluding hydrogens is 458 g/mol. The molecule has 0 radical (unpaired) electrons. The number of aromatic nitrogens is 3. The minimum Gasteiger partial charge on any atom is -0.492 e. The molecule has 2 N–H and O–H groups in total. The van der Waals surface area contributed by atoms with E-state index in [1.54, 1.807) is 43.7 Å². The van der Waals surface area contributed by atoms with Crippen molar-refractivity contribution in [3.05, 3.63) is 36.7 Å². The summed E-state index contributed by atoms with van der Waals surface area (Å²) in [5.74, 6) is 1.92. The first-order valence-electron chi connectivity index (χ1n) is 10.8. The third-order valence-corrected chi connectivity index (χ3v) is 6.43. The summed E-state index contributed by atoms with van der Waals surface area (Å²) in [5, 5.41) is 7.46. The van der Waals surface area contributed by atoms with Gasteiger partial charge in [0, 0.05) is 48.5 Å². The fourth-order valence-corrected chi connectivity index (χ4v) is 3.96. The van der Waals surface area contributed by atoms with Crippen LogP contribution < -0.4 is 15.4 Å². The van der Waals surface area contributed by atoms with E-state index in [2.05, 4.69) is 25.6 Å². The lowest BCUT2D eigenvalue weighted by atomic mass is 10.1. The zero-order chi connectivity index (χ0) is 23.9. The fourth-order valence-electron chi connectivity index (χ4n) is 3.57. The molecule has 0 aliphatic heterocycles. The molecule has 0 unspecified atom stereocenters. The molecule has 1 fully saturated rings. The Bertz CT molecular complexity index is 1510. The van der Waals surface area contributed by atoms with Crippen LogP contribution in [0.15, 0.2) is 41.1 Å². The molecule has 1 aliphatic carbocycles. The van der Waals surface area contributed by atoms with Crippen molar-refractivity contribution in [2.24, 2.45) is 5.92 Å². The van der Waals surface area contributed by atoms with Gasteiger partial charge >= 0.3 is 0 Å². The number of amides is 1. The Morgan fingerprint density at radius 1 is 1.18 bits per heavy atom. The summed E-state index contributed by atoms with van der Waals surface area (Å²) in [6, 6.07) is 6.92. The number of rotatable bonds is 8. The number of carbonyl (C=O) groups is 1. The molecule has 176 valence electrons. The van der Waals surface area contributed by atoms with E-state index in [0.717, 1.165) is 23.6 Å². The van der Waals surface area contributed by atoms with Gasteiger partial charge in [0.05, 0.1) is 11.3 Å². The van der Waals surface area contributed by atoms with Crippen molar-refractivity contribution >= 4 is 49.3 Å². The number of benzene rings is 1. The van der Waals surface area contributed by atoms with Crippen molar-refractivity contribution in [3.8, 4) is 17.2 Å². The maximum Gasteiger partial charge on any atom is 0.229 e. The van der Waals surface area contributed by atoms with Crippen molar-refractivity contribution in [2.75, 3.05) is 36.3 Å². The average Bonchev–Trinajstić information content (AvgIpc) is 3.57. The highest BCUT2D eigenvalue weighted by Gasteiger charge is 2.30. The zero-order valence-corrected chi connectivity index (χ0v) is 19.5. The van der Waals surface area contributed by atoms with E-state index in [0.29, 0.717) is 39.9 Å². The van der Waals surface area contributed by atoms with Gasteiger partial charge in [0.15, 0.2) is 15.4 Å². The molecule has 0 spiro atoms. The fraction of sp³-hybridized carbons (Fsp3) is 0.304. The molecule has 0 atom stereocenters. The van der Waals surface area contributed by atoms with Crippen molar-refractivity contribution in [2.45, 2.75) is 12.8 Å². The number of hydrogen-bond acceptors (Lipinski definition) is 9. The zero-order valence-electron chi connectivity index (χ0n) is 18.7. The maximum absolute atomic E-state index is 12.2. The van der Waals surface area contributed by atoms with Crippen LogP contribution in [0.25, 0.3) is 33.3 Å². The molecule has 1 amide bonds. The number of anilines is 2. The first kappa shape index (κ1) is 22.1. The largest absolute Gasteiger partial charge is 0.492 e. The third kappa shape index (κ3) is 4.65. The molecule has 11 heteroatoms. The van der Waals surface area contributed by atoms with Crippen LogP contribution in [0.3, 0.4) is 0 Å². The van der Waals surface area contributed by atoms with E-state index in [-0.39, 0.29) is 24.2 Å². The van der Waals surface area contributed by atoms with Gasteiger partial charge in [-0.05, 0) is 31.0 Å². The van der Waals surface area contributed by atoms with Gasteiger partial charge in [-0.15, -0.1) is 0 Å². The summed E-state index contributed by atoms with van der Waals surface area (Å²) in [5.41, 5.74) is 1.76. The molecule has 1 aromatic carbocycles. The summed E-state index contributed by atoms with van der Waals surface area (Å²) in [6.07, 6.45) is 6.30. The van der Waals surface area contributed by atoms with Crippen LogP contribution in [0.2, 0.25) is 0 Å². The Labute approximate surface area is 195 Å². The topological polar surface area (TPSA) is 136 Å². The Morgan fingerprint density at radius 3 is 2.74 bits per heavy atom. The second-order valence-corrected chi connectivity index (χ2v) is 10.5. The summed E-state index contributed by atoms with van der Waals surface area (Å²) >= 11 is 0. The first-order valence-corrected chi connectivity index (χ1v) is 12.9. The number of nitrogens with zero attached hydrogens (tertiary/aromatic N) is 3. The Hall–Kier alpha value is -3.73. The van der Waals surface area contributed by atoms with Crippen LogP contribution in [-0.2, 0) is 14.6 Å². The number of pyridine rings is 2. The van der Waals surface area contributed by atoms with Crippen LogP contribution >= 0.6 is 0 Å². The van der Waals surface area contributed by atoms with E-state index >= 15 is 0 Å². The highest BCUT2D eigenvalue weighted by atomic mass is 32.2. The van der Waals surface area contributed by atoms with E-state index in [9.17, 15) is 13.2 Å². The molecule has 3 heterocycles. The van der Waals surface area contributed by atoms with Gasteiger partial charge in [0.25, 0.3) is 0 Å². The van der Waals surface area contributed by atoms with Crippen molar-refractivity contribution < 1.29 is 22.4 Å². The van der Waals surface area contributed by atoms with Gasteiger partial charge in [0.1, 0.15) is 29.5 Å². The van der Waals surface area contributed by atoms with Gasteiger partial charge in [0.2, 0.25) is 11.8 Å². The quantitative estimate of drug-likeness (QED) is 0.388. The summed E-state index contributed by atoms with van der Waals surface area (Å²) in [6.45, 7) is 0.0530. The number of sulfone groups is 1. The number of oxazole rings is 1. The SMILES string of the molecule is CNc1ncc(-c2nc3cc(OCCS(C)(=O)=O)ccc3o2)c2cc(NC(=O)C3CC3)ncc12. The van der Waals surface area contributed by atoms with E-state index in [1.165, 1.54) is 6.26 Å². The standard InChI is InChI=1S/C23H23N5O5S/c1-24-21-16-11-25-20(28-22(29)13-3-4-13)10-15(16)17(12-26-21)23-27-18-9-14(5-6-19(18)33-23)32-7-8-34(2,30)31/h5-6,9-13H,3-4,7-8H2,1-2H3,(H,24,26)(H,25,28,29). The molecule has 1 saturated carbocycles. The minimum atomic E-state index is -3.11. The maximum atomic E-state index is 12.2. The van der Waals surface area contributed by atoms with E-state index in [4.69, 9.17) is 9.15 Å².